The molecule has 0 aliphatic carbocycles. The number of nitrogens with zero attached hydrogens (tertiary/aromatic N) is 3. The van der Waals surface area contributed by atoms with Crippen molar-refractivity contribution < 1.29 is 18.1 Å². The number of sulfonamides is 1. The van der Waals surface area contributed by atoms with E-state index in [0.717, 1.165) is 9.87 Å². The molecule has 158 valence electrons. The van der Waals surface area contributed by atoms with Crippen molar-refractivity contribution in [1.29, 1.82) is 0 Å². The molecule has 0 unspecified atom stereocenters. The van der Waals surface area contributed by atoms with Crippen molar-refractivity contribution in [2.45, 2.75) is 24.8 Å². The molecule has 0 spiro atoms. The van der Waals surface area contributed by atoms with Crippen LogP contribution in [0.1, 0.15) is 18.1 Å². The summed E-state index contributed by atoms with van der Waals surface area (Å²) in [5.74, 6) is 0. The van der Waals surface area contributed by atoms with E-state index in [1.165, 1.54) is 23.1 Å². The van der Waals surface area contributed by atoms with Gasteiger partial charge in [0, 0.05) is 12.1 Å². The summed E-state index contributed by atoms with van der Waals surface area (Å²) in [5, 5.41) is 10.9. The lowest BCUT2D eigenvalue weighted by Gasteiger charge is -2.36. The number of para-hydroxylation sites is 1. The first-order valence-electron chi connectivity index (χ1n) is 9.61. The Morgan fingerprint density at radius 1 is 0.935 bits per heavy atom. The van der Waals surface area contributed by atoms with Gasteiger partial charge in [-0.3, -0.25) is 15.0 Å². The second-order valence-corrected chi connectivity index (χ2v) is 8.81. The maximum atomic E-state index is 13.4. The van der Waals surface area contributed by atoms with Crippen molar-refractivity contribution in [2.75, 3.05) is 9.21 Å². The largest absolute Gasteiger partial charge is 0.343 e. The topological polar surface area (TPSA) is 101 Å². The second kappa shape index (κ2) is 7.84. The summed E-state index contributed by atoms with van der Waals surface area (Å²) in [6.45, 7) is 2.01. The van der Waals surface area contributed by atoms with Crippen molar-refractivity contribution in [3.8, 4) is 0 Å². The number of anilines is 2. The van der Waals surface area contributed by atoms with Crippen LogP contribution in [0.5, 0.6) is 0 Å². The van der Waals surface area contributed by atoms with Gasteiger partial charge in [0.15, 0.2) is 0 Å². The van der Waals surface area contributed by atoms with Crippen LogP contribution in [-0.2, 0) is 23.0 Å². The fraction of sp³-hybridized carbons (Fsp3) is 0.136. The zero-order valence-electron chi connectivity index (χ0n) is 16.6. The van der Waals surface area contributed by atoms with Gasteiger partial charge < -0.3 is 0 Å². The van der Waals surface area contributed by atoms with E-state index >= 15 is 0 Å². The van der Waals surface area contributed by atoms with Gasteiger partial charge in [0.2, 0.25) is 0 Å². The van der Waals surface area contributed by atoms with E-state index in [4.69, 9.17) is 0 Å². The first-order chi connectivity index (χ1) is 14.8. The van der Waals surface area contributed by atoms with Gasteiger partial charge in [-0.2, -0.15) is 4.31 Å². The minimum atomic E-state index is -4.10. The van der Waals surface area contributed by atoms with Gasteiger partial charge in [-0.05, 0) is 41.8 Å². The molecule has 0 saturated heterocycles. The number of non-ortho nitro benzene ring substituents is 1. The molecule has 8 nitrogen and oxygen atoms in total. The molecule has 4 rings (SSSR count). The average molecular weight is 437 g/mol. The van der Waals surface area contributed by atoms with Crippen molar-refractivity contribution in [1.82, 2.24) is 0 Å². The number of carbonyl (C=O) groups excluding carboxylic acids is 1. The van der Waals surface area contributed by atoms with E-state index in [9.17, 15) is 23.3 Å². The Kier molecular flexibility index (Phi) is 5.20. The van der Waals surface area contributed by atoms with Crippen LogP contribution >= 0.6 is 0 Å². The maximum absolute atomic E-state index is 13.4. The van der Waals surface area contributed by atoms with Crippen LogP contribution in [0.25, 0.3) is 0 Å². The summed E-state index contributed by atoms with van der Waals surface area (Å²) >= 11 is 0. The van der Waals surface area contributed by atoms with Gasteiger partial charge in [-0.1, -0.05) is 43.3 Å². The molecular weight excluding hydrogens is 418 g/mol. The number of nitro groups is 1. The first kappa shape index (κ1) is 20.5. The van der Waals surface area contributed by atoms with Crippen molar-refractivity contribution in [2.24, 2.45) is 0 Å². The molecular formula is C22H19N3O5S. The minimum Gasteiger partial charge on any atom is -0.287 e. The lowest BCUT2D eigenvalue weighted by Crippen LogP contribution is -2.50. The second-order valence-electron chi connectivity index (χ2n) is 7.05. The summed E-state index contributed by atoms with van der Waals surface area (Å²) in [6, 6.07) is 18.3. The summed E-state index contributed by atoms with van der Waals surface area (Å²) in [6.07, 6.45) is 0.693. The molecule has 0 aromatic heterocycles. The average Bonchev–Trinajstić information content (AvgIpc) is 2.77. The van der Waals surface area contributed by atoms with Gasteiger partial charge in [0.1, 0.15) is 4.90 Å². The normalized spacial score (nSPS) is 14.9. The van der Waals surface area contributed by atoms with E-state index in [-0.39, 0.29) is 28.5 Å². The molecule has 0 fully saturated rings. The summed E-state index contributed by atoms with van der Waals surface area (Å²) in [4.78, 5) is 25.3. The highest BCUT2D eigenvalue weighted by molar-refractivity contribution is 7.94. The number of hydrogen-bond acceptors (Lipinski definition) is 5. The molecule has 0 bridgehead atoms. The molecule has 0 radical (unpaired) electrons. The molecule has 1 aliphatic heterocycles. The van der Waals surface area contributed by atoms with Gasteiger partial charge >= 0.3 is 6.03 Å². The molecule has 3 aromatic rings. The van der Waals surface area contributed by atoms with E-state index in [1.807, 2.05) is 13.0 Å². The summed E-state index contributed by atoms with van der Waals surface area (Å²) in [7, 11) is -4.10. The van der Waals surface area contributed by atoms with E-state index < -0.39 is 21.0 Å². The molecule has 1 heterocycles. The van der Waals surface area contributed by atoms with Crippen molar-refractivity contribution in [3.05, 3.63) is 94.0 Å². The number of nitro benzene ring substituents is 1. The van der Waals surface area contributed by atoms with Crippen LogP contribution in [0.4, 0.5) is 21.9 Å². The van der Waals surface area contributed by atoms with Crippen LogP contribution in [-0.4, -0.2) is 19.4 Å². The maximum Gasteiger partial charge on any atom is 0.343 e. The first-order valence-corrected chi connectivity index (χ1v) is 11.0. The number of hydrogen-bond donors (Lipinski definition) is 0. The number of urea groups is 1. The van der Waals surface area contributed by atoms with Crippen molar-refractivity contribution in [3.63, 3.8) is 0 Å². The van der Waals surface area contributed by atoms with Crippen LogP contribution in [0, 0.1) is 10.1 Å². The quantitative estimate of drug-likeness (QED) is 0.432. The van der Waals surface area contributed by atoms with Gasteiger partial charge in [0.25, 0.3) is 15.7 Å². The van der Waals surface area contributed by atoms with Crippen LogP contribution < -0.4 is 9.21 Å². The van der Waals surface area contributed by atoms with Crippen molar-refractivity contribution >= 4 is 33.1 Å². The SMILES string of the molecule is CCc1cccc(N2C(=O)N(Cc3ccc([N+](=O)[O-])cc3)c3ccccc3S2(=O)=O)c1. The smallest absolute Gasteiger partial charge is 0.287 e. The number of fused-ring (bicyclic) bond motifs is 1. The number of carbonyl (C=O) groups is 1. The Morgan fingerprint density at radius 2 is 1.65 bits per heavy atom. The van der Waals surface area contributed by atoms with E-state index in [0.29, 0.717) is 12.0 Å². The lowest BCUT2D eigenvalue weighted by atomic mass is 10.1. The highest BCUT2D eigenvalue weighted by atomic mass is 32.2. The predicted octanol–water partition coefficient (Wildman–Crippen LogP) is 4.49. The highest BCUT2D eigenvalue weighted by Crippen LogP contribution is 2.38. The fourth-order valence-corrected chi connectivity index (χ4v) is 5.11. The Morgan fingerprint density at radius 3 is 2.32 bits per heavy atom. The van der Waals surface area contributed by atoms with Crippen LogP contribution in [0.15, 0.2) is 77.7 Å². The fourth-order valence-electron chi connectivity index (χ4n) is 3.52. The Balaban J connectivity index is 1.81. The molecule has 31 heavy (non-hydrogen) atoms. The van der Waals surface area contributed by atoms with E-state index in [2.05, 4.69) is 0 Å². The third-order valence-corrected chi connectivity index (χ3v) is 6.87. The minimum absolute atomic E-state index is 0.0263. The van der Waals surface area contributed by atoms with Crippen LogP contribution in [0.2, 0.25) is 0 Å². The lowest BCUT2D eigenvalue weighted by molar-refractivity contribution is -0.384. The zero-order valence-corrected chi connectivity index (χ0v) is 17.5. The Bertz CT molecular complexity index is 1270. The number of benzene rings is 3. The molecule has 9 heteroatoms. The van der Waals surface area contributed by atoms with E-state index in [1.54, 1.807) is 48.5 Å². The molecule has 2 amide bonds. The molecule has 0 atom stereocenters. The van der Waals surface area contributed by atoms with Gasteiger partial charge in [-0.15, -0.1) is 0 Å². The van der Waals surface area contributed by atoms with Crippen LogP contribution in [0.3, 0.4) is 0 Å². The van der Waals surface area contributed by atoms with Gasteiger partial charge in [-0.25, -0.2) is 13.2 Å². The standard InChI is InChI=1S/C22H19N3O5S/c1-2-16-6-5-7-19(14-16)24-22(26)23(15-17-10-12-18(13-11-17)25(27)28)20-8-3-4-9-21(20)31(24,29)30/h3-14H,2,15H2,1H3. The third-order valence-electron chi connectivity index (χ3n) is 5.12. The van der Waals surface area contributed by atoms with Gasteiger partial charge in [0.05, 0.1) is 22.8 Å². The number of aryl methyl sites for hydroxylation is 1. The molecule has 3 aromatic carbocycles. The zero-order chi connectivity index (χ0) is 22.2. The number of rotatable bonds is 5. The summed E-state index contributed by atoms with van der Waals surface area (Å²) < 4.78 is 27.5. The third kappa shape index (κ3) is 3.64. The highest BCUT2D eigenvalue weighted by Gasteiger charge is 2.42. The number of amides is 2. The Labute approximate surface area is 179 Å². The monoisotopic (exact) mass is 437 g/mol. The predicted molar refractivity (Wildman–Crippen MR) is 117 cm³/mol. The molecule has 1 aliphatic rings. The molecule has 0 N–H and O–H groups in total. The Hall–Kier alpha value is -3.72. The summed E-state index contributed by atoms with van der Waals surface area (Å²) in [5.41, 5.74) is 2.02. The molecule has 0 saturated carbocycles.